The lowest BCUT2D eigenvalue weighted by atomic mass is 10.1. The number of nitrogens with zero attached hydrogens (tertiary/aromatic N) is 2. The Hall–Kier alpha value is -2.83. The molecule has 0 bridgehead atoms. The number of pyridine rings is 1. The molecular formula is C24H26ClN3O2S. The van der Waals surface area contributed by atoms with E-state index in [0.717, 1.165) is 35.3 Å². The predicted molar refractivity (Wildman–Crippen MR) is 130 cm³/mol. The predicted octanol–water partition coefficient (Wildman–Crippen LogP) is 5.50. The number of methoxy groups -OCH3 is 2. The molecule has 5 nitrogen and oxygen atoms in total. The van der Waals surface area contributed by atoms with Crippen molar-refractivity contribution in [2.75, 3.05) is 26.1 Å². The van der Waals surface area contributed by atoms with Crippen LogP contribution in [0, 0.1) is 6.92 Å². The minimum absolute atomic E-state index is 0.629. The molecule has 0 spiro atoms. The number of hydrogen-bond acceptors (Lipinski definition) is 4. The topological polar surface area (TPSA) is 46.6 Å². The second-order valence-corrected chi connectivity index (χ2v) is 7.91. The quantitative estimate of drug-likeness (QED) is 0.452. The summed E-state index contributed by atoms with van der Waals surface area (Å²) in [7, 11) is 3.27. The van der Waals surface area contributed by atoms with E-state index in [9.17, 15) is 0 Å². The fraction of sp³-hybridized carbons (Fsp3) is 0.250. The Morgan fingerprint density at radius 1 is 1.06 bits per heavy atom. The van der Waals surface area contributed by atoms with Crippen molar-refractivity contribution in [2.45, 2.75) is 19.9 Å². The molecule has 0 aliphatic rings. The van der Waals surface area contributed by atoms with Crippen molar-refractivity contribution in [1.82, 2.24) is 9.88 Å². The third-order valence-corrected chi connectivity index (χ3v) is 5.69. The van der Waals surface area contributed by atoms with Gasteiger partial charge in [0.1, 0.15) is 0 Å². The number of hydrogen-bond donors (Lipinski definition) is 1. The summed E-state index contributed by atoms with van der Waals surface area (Å²) in [6.07, 6.45) is 4.41. The van der Waals surface area contributed by atoms with E-state index in [1.807, 2.05) is 61.7 Å². The van der Waals surface area contributed by atoms with Crippen molar-refractivity contribution in [3.63, 3.8) is 0 Å². The molecule has 7 heteroatoms. The van der Waals surface area contributed by atoms with Crippen LogP contribution in [0.1, 0.15) is 16.7 Å². The van der Waals surface area contributed by atoms with Gasteiger partial charge in [-0.05, 0) is 72.6 Å². The Bertz CT molecular complexity index is 1030. The molecule has 0 saturated heterocycles. The number of aromatic nitrogens is 1. The van der Waals surface area contributed by atoms with Gasteiger partial charge in [-0.25, -0.2) is 0 Å². The molecule has 1 N–H and O–H groups in total. The molecule has 162 valence electrons. The summed E-state index contributed by atoms with van der Waals surface area (Å²) in [5, 5.41) is 4.65. The van der Waals surface area contributed by atoms with E-state index in [2.05, 4.69) is 15.2 Å². The first-order valence-corrected chi connectivity index (χ1v) is 10.7. The van der Waals surface area contributed by atoms with Gasteiger partial charge in [0.2, 0.25) is 0 Å². The molecule has 3 rings (SSSR count). The maximum Gasteiger partial charge on any atom is 0.173 e. The van der Waals surface area contributed by atoms with Crippen molar-refractivity contribution in [3.8, 4) is 11.5 Å². The smallest absolute Gasteiger partial charge is 0.173 e. The van der Waals surface area contributed by atoms with Crippen LogP contribution in [-0.4, -0.2) is 35.8 Å². The maximum absolute atomic E-state index is 6.27. The minimum atomic E-state index is 0.629. The zero-order valence-corrected chi connectivity index (χ0v) is 19.5. The first-order chi connectivity index (χ1) is 15.0. The van der Waals surface area contributed by atoms with E-state index in [0.29, 0.717) is 28.2 Å². The number of nitrogens with one attached hydrogen (secondary N) is 1. The second kappa shape index (κ2) is 11.0. The van der Waals surface area contributed by atoms with Gasteiger partial charge in [0.05, 0.1) is 14.2 Å². The summed E-state index contributed by atoms with van der Waals surface area (Å²) in [5.74, 6) is 1.43. The van der Waals surface area contributed by atoms with Gasteiger partial charge in [0, 0.05) is 36.2 Å². The van der Waals surface area contributed by atoms with Crippen molar-refractivity contribution >= 4 is 34.6 Å². The molecule has 2 aromatic carbocycles. The van der Waals surface area contributed by atoms with Gasteiger partial charge >= 0.3 is 0 Å². The summed E-state index contributed by atoms with van der Waals surface area (Å²) in [6.45, 7) is 3.34. The van der Waals surface area contributed by atoms with Crippen molar-refractivity contribution in [3.05, 3.63) is 82.6 Å². The average Bonchev–Trinajstić information content (AvgIpc) is 2.79. The van der Waals surface area contributed by atoms with E-state index in [1.54, 1.807) is 20.4 Å². The highest BCUT2D eigenvalue weighted by Crippen LogP contribution is 2.28. The second-order valence-electron chi connectivity index (χ2n) is 7.12. The lowest BCUT2D eigenvalue weighted by Gasteiger charge is -2.26. The molecule has 0 aliphatic heterocycles. The normalized spacial score (nSPS) is 10.5. The molecule has 31 heavy (non-hydrogen) atoms. The molecule has 1 aromatic heterocycles. The van der Waals surface area contributed by atoms with E-state index in [-0.39, 0.29) is 0 Å². The highest BCUT2D eigenvalue weighted by molar-refractivity contribution is 7.80. The number of halogens is 1. The van der Waals surface area contributed by atoms with Crippen LogP contribution in [-0.2, 0) is 13.0 Å². The molecule has 0 aliphatic carbocycles. The van der Waals surface area contributed by atoms with Crippen LogP contribution < -0.4 is 14.8 Å². The van der Waals surface area contributed by atoms with E-state index in [4.69, 9.17) is 33.3 Å². The molecule has 0 saturated carbocycles. The van der Waals surface area contributed by atoms with Crippen LogP contribution in [0.25, 0.3) is 0 Å². The van der Waals surface area contributed by atoms with E-state index >= 15 is 0 Å². The maximum atomic E-state index is 6.27. The van der Waals surface area contributed by atoms with Gasteiger partial charge in [0.15, 0.2) is 16.6 Å². The van der Waals surface area contributed by atoms with Crippen LogP contribution in [0.2, 0.25) is 5.02 Å². The largest absolute Gasteiger partial charge is 0.493 e. The molecule has 0 radical (unpaired) electrons. The number of aryl methyl sites for hydroxylation is 1. The summed E-state index contributed by atoms with van der Waals surface area (Å²) >= 11 is 12.0. The van der Waals surface area contributed by atoms with Crippen molar-refractivity contribution in [1.29, 1.82) is 0 Å². The van der Waals surface area contributed by atoms with Gasteiger partial charge in [-0.2, -0.15) is 0 Å². The van der Waals surface area contributed by atoms with Crippen LogP contribution in [0.5, 0.6) is 11.5 Å². The minimum Gasteiger partial charge on any atom is -0.493 e. The molecule has 0 amide bonds. The molecule has 3 aromatic rings. The number of anilines is 1. The van der Waals surface area contributed by atoms with Gasteiger partial charge in [-0.3, -0.25) is 4.98 Å². The average molecular weight is 456 g/mol. The van der Waals surface area contributed by atoms with Gasteiger partial charge in [0.25, 0.3) is 0 Å². The molecule has 0 atom stereocenters. The van der Waals surface area contributed by atoms with Gasteiger partial charge in [-0.15, -0.1) is 0 Å². The lowest BCUT2D eigenvalue weighted by molar-refractivity contribution is 0.354. The zero-order valence-electron chi connectivity index (χ0n) is 17.9. The van der Waals surface area contributed by atoms with E-state index in [1.165, 1.54) is 0 Å². The summed E-state index contributed by atoms with van der Waals surface area (Å²) in [4.78, 5) is 6.35. The number of ether oxygens (including phenoxy) is 2. The summed E-state index contributed by atoms with van der Waals surface area (Å²) in [6, 6.07) is 15.8. The summed E-state index contributed by atoms with van der Waals surface area (Å²) in [5.41, 5.74) is 4.11. The van der Waals surface area contributed by atoms with Crippen LogP contribution in [0.15, 0.2) is 60.9 Å². The third-order valence-electron chi connectivity index (χ3n) is 4.92. The van der Waals surface area contributed by atoms with Gasteiger partial charge < -0.3 is 19.7 Å². The lowest BCUT2D eigenvalue weighted by Crippen LogP contribution is -2.36. The highest BCUT2D eigenvalue weighted by atomic mass is 35.5. The standard InChI is InChI=1S/C24H26ClN3O2S/c1-17-6-8-20(14-21(17)25)27-24(31)28(16-19-5-4-11-26-15-19)12-10-18-7-9-22(29-2)23(13-18)30-3/h4-9,11,13-15H,10,12,16H2,1-3H3,(H,27,31). The highest BCUT2D eigenvalue weighted by Gasteiger charge is 2.13. The Morgan fingerprint density at radius 2 is 1.87 bits per heavy atom. The first-order valence-electron chi connectivity index (χ1n) is 9.92. The SMILES string of the molecule is COc1ccc(CCN(Cc2cccnc2)C(=S)Nc2ccc(C)c(Cl)c2)cc1OC. The van der Waals surface area contributed by atoms with Crippen LogP contribution in [0.3, 0.4) is 0 Å². The zero-order chi connectivity index (χ0) is 22.2. The molecule has 1 heterocycles. The molecule has 0 fully saturated rings. The number of rotatable bonds is 8. The van der Waals surface area contributed by atoms with Crippen LogP contribution >= 0.6 is 23.8 Å². The van der Waals surface area contributed by atoms with Crippen molar-refractivity contribution in [2.24, 2.45) is 0 Å². The van der Waals surface area contributed by atoms with Crippen LogP contribution in [0.4, 0.5) is 5.69 Å². The Morgan fingerprint density at radius 3 is 2.55 bits per heavy atom. The fourth-order valence-corrected chi connectivity index (χ4v) is 3.59. The first kappa shape index (κ1) is 22.8. The fourth-order valence-electron chi connectivity index (χ4n) is 3.14. The molecular weight excluding hydrogens is 430 g/mol. The van der Waals surface area contributed by atoms with E-state index < -0.39 is 0 Å². The summed E-state index contributed by atoms with van der Waals surface area (Å²) < 4.78 is 10.8. The third kappa shape index (κ3) is 6.32. The number of benzene rings is 2. The van der Waals surface area contributed by atoms with Crippen molar-refractivity contribution < 1.29 is 9.47 Å². The van der Waals surface area contributed by atoms with Gasteiger partial charge in [-0.1, -0.05) is 29.8 Å². The number of thiocarbonyl (C=S) groups is 1. The Balaban J connectivity index is 1.75. The Kier molecular flexibility index (Phi) is 8.09. The Labute approximate surface area is 194 Å². The molecule has 0 unspecified atom stereocenters. The monoisotopic (exact) mass is 455 g/mol.